The summed E-state index contributed by atoms with van der Waals surface area (Å²) >= 11 is 0. The van der Waals surface area contributed by atoms with Crippen LogP contribution in [-0.4, -0.2) is 20.9 Å². The first-order valence-corrected chi connectivity index (χ1v) is 4.41. The number of aromatic nitrogens is 2. The number of fused-ring (bicyclic) bond motifs is 1. The van der Waals surface area contributed by atoms with Gasteiger partial charge in [0.25, 0.3) is 0 Å². The first-order valence-electron chi connectivity index (χ1n) is 4.41. The summed E-state index contributed by atoms with van der Waals surface area (Å²) in [7, 11) is 0. The highest BCUT2D eigenvalue weighted by Gasteiger charge is 2.05. The molecule has 0 unspecified atom stereocenters. The van der Waals surface area contributed by atoms with E-state index in [0.29, 0.717) is 0 Å². The molecule has 1 aromatic carbocycles. The van der Waals surface area contributed by atoms with E-state index in [1.54, 1.807) is 22.9 Å². The van der Waals surface area contributed by atoms with E-state index in [9.17, 15) is 4.79 Å². The summed E-state index contributed by atoms with van der Waals surface area (Å²) in [5.41, 5.74) is 1.01. The van der Waals surface area contributed by atoms with Crippen molar-refractivity contribution in [1.29, 1.82) is 0 Å². The van der Waals surface area contributed by atoms with Crippen LogP contribution < -0.4 is 0 Å². The summed E-state index contributed by atoms with van der Waals surface area (Å²) in [6, 6.07) is 4.95. The van der Waals surface area contributed by atoms with Crippen molar-refractivity contribution in [1.82, 2.24) is 9.78 Å². The van der Waals surface area contributed by atoms with Gasteiger partial charge in [0.05, 0.1) is 11.1 Å². The van der Waals surface area contributed by atoms with E-state index in [4.69, 9.17) is 5.11 Å². The highest BCUT2D eigenvalue weighted by molar-refractivity contribution is 5.92. The van der Waals surface area contributed by atoms with Gasteiger partial charge in [-0.25, -0.2) is 4.79 Å². The van der Waals surface area contributed by atoms with Crippen LogP contribution in [0.25, 0.3) is 10.9 Å². The third-order valence-electron chi connectivity index (χ3n) is 2.13. The Morgan fingerprint density at radius 1 is 1.57 bits per heavy atom. The van der Waals surface area contributed by atoms with Crippen LogP contribution in [0, 0.1) is 0 Å². The molecule has 0 fully saturated rings. The monoisotopic (exact) mass is 190 g/mol. The van der Waals surface area contributed by atoms with Crippen molar-refractivity contribution in [2.75, 3.05) is 0 Å². The Bertz CT molecular complexity index is 488. The fourth-order valence-corrected chi connectivity index (χ4v) is 1.36. The number of carbonyl (C=O) groups is 1. The summed E-state index contributed by atoms with van der Waals surface area (Å²) in [6.07, 6.45) is 1.90. The lowest BCUT2D eigenvalue weighted by Crippen LogP contribution is -1.95. The summed E-state index contributed by atoms with van der Waals surface area (Å²) in [5, 5.41) is 14.0. The zero-order valence-electron chi connectivity index (χ0n) is 7.77. The van der Waals surface area contributed by atoms with Crippen molar-refractivity contribution in [2.45, 2.75) is 13.5 Å². The number of hydrogen-bond donors (Lipinski definition) is 1. The van der Waals surface area contributed by atoms with Crippen molar-refractivity contribution in [3.63, 3.8) is 0 Å². The molecule has 4 heteroatoms. The summed E-state index contributed by atoms with van der Waals surface area (Å²) in [6.45, 7) is 2.78. The maximum atomic E-state index is 10.7. The predicted octanol–water partition coefficient (Wildman–Crippen LogP) is 1.75. The van der Waals surface area contributed by atoms with Crippen LogP contribution in [0.4, 0.5) is 0 Å². The van der Waals surface area contributed by atoms with Gasteiger partial charge in [-0.15, -0.1) is 0 Å². The van der Waals surface area contributed by atoms with Gasteiger partial charge in [-0.05, 0) is 19.1 Å². The molecule has 0 bridgehead atoms. The number of carboxylic acid groups (broad SMARTS) is 1. The largest absolute Gasteiger partial charge is 0.478 e. The topological polar surface area (TPSA) is 55.1 Å². The van der Waals surface area contributed by atoms with Crippen molar-refractivity contribution in [3.05, 3.63) is 30.0 Å². The molecule has 2 aromatic rings. The third kappa shape index (κ3) is 1.35. The Morgan fingerprint density at radius 2 is 2.36 bits per heavy atom. The Hall–Kier alpha value is -1.84. The molecule has 0 atom stereocenters. The van der Waals surface area contributed by atoms with Crippen LogP contribution in [0.15, 0.2) is 24.4 Å². The first-order chi connectivity index (χ1) is 6.70. The summed E-state index contributed by atoms with van der Waals surface area (Å²) < 4.78 is 1.79. The lowest BCUT2D eigenvalue weighted by atomic mass is 10.2. The zero-order chi connectivity index (χ0) is 10.1. The molecule has 1 aromatic heterocycles. The molecule has 0 saturated heterocycles. The molecule has 2 rings (SSSR count). The molecule has 0 saturated carbocycles. The maximum Gasteiger partial charge on any atom is 0.335 e. The number of rotatable bonds is 2. The van der Waals surface area contributed by atoms with Gasteiger partial charge in [0, 0.05) is 18.1 Å². The molecule has 0 aliphatic rings. The van der Waals surface area contributed by atoms with Gasteiger partial charge in [-0.2, -0.15) is 5.10 Å². The molecule has 0 amide bonds. The SMILES string of the molecule is CCn1cc2ccc(C(=O)O)cc2n1. The first kappa shape index (κ1) is 8.74. The molecule has 14 heavy (non-hydrogen) atoms. The fourth-order valence-electron chi connectivity index (χ4n) is 1.36. The van der Waals surface area contributed by atoms with Crippen molar-refractivity contribution in [2.24, 2.45) is 0 Å². The van der Waals surface area contributed by atoms with E-state index in [-0.39, 0.29) is 5.56 Å². The van der Waals surface area contributed by atoms with Crippen LogP contribution in [0.1, 0.15) is 17.3 Å². The summed E-state index contributed by atoms with van der Waals surface area (Å²) in [4.78, 5) is 10.7. The van der Waals surface area contributed by atoms with E-state index in [1.165, 1.54) is 0 Å². The average molecular weight is 190 g/mol. The number of nitrogens with zero attached hydrogens (tertiary/aromatic N) is 2. The van der Waals surface area contributed by atoms with Crippen LogP contribution in [-0.2, 0) is 6.54 Å². The van der Waals surface area contributed by atoms with Gasteiger partial charge in [0.1, 0.15) is 0 Å². The fraction of sp³-hybridized carbons (Fsp3) is 0.200. The lowest BCUT2D eigenvalue weighted by Gasteiger charge is -1.92. The molecule has 4 nitrogen and oxygen atoms in total. The van der Waals surface area contributed by atoms with Gasteiger partial charge in [0.15, 0.2) is 0 Å². The predicted molar refractivity (Wildman–Crippen MR) is 52.4 cm³/mol. The minimum Gasteiger partial charge on any atom is -0.478 e. The maximum absolute atomic E-state index is 10.7. The number of aryl methyl sites for hydroxylation is 1. The Kier molecular flexibility index (Phi) is 1.96. The quantitative estimate of drug-likeness (QED) is 0.784. The van der Waals surface area contributed by atoms with Crippen LogP contribution >= 0.6 is 0 Å². The molecule has 0 aliphatic carbocycles. The van der Waals surface area contributed by atoms with Crippen LogP contribution in [0.5, 0.6) is 0 Å². The summed E-state index contributed by atoms with van der Waals surface area (Å²) in [5.74, 6) is -0.919. The van der Waals surface area contributed by atoms with Gasteiger partial charge in [0.2, 0.25) is 0 Å². The lowest BCUT2D eigenvalue weighted by molar-refractivity contribution is 0.0697. The van der Waals surface area contributed by atoms with E-state index in [2.05, 4.69) is 5.10 Å². The molecular weight excluding hydrogens is 180 g/mol. The number of benzene rings is 1. The smallest absolute Gasteiger partial charge is 0.335 e. The van der Waals surface area contributed by atoms with E-state index < -0.39 is 5.97 Å². The van der Waals surface area contributed by atoms with Gasteiger partial charge >= 0.3 is 5.97 Å². The van der Waals surface area contributed by atoms with Gasteiger partial charge < -0.3 is 5.11 Å². The highest BCUT2D eigenvalue weighted by Crippen LogP contribution is 2.14. The second kappa shape index (κ2) is 3.14. The van der Waals surface area contributed by atoms with E-state index in [1.807, 2.05) is 13.1 Å². The minimum atomic E-state index is -0.919. The number of carboxylic acids is 1. The Balaban J connectivity index is 2.59. The zero-order valence-corrected chi connectivity index (χ0v) is 7.77. The van der Waals surface area contributed by atoms with Gasteiger partial charge in [-0.3, -0.25) is 4.68 Å². The van der Waals surface area contributed by atoms with Crippen LogP contribution in [0.3, 0.4) is 0 Å². The van der Waals surface area contributed by atoms with Crippen molar-refractivity contribution >= 4 is 16.9 Å². The van der Waals surface area contributed by atoms with E-state index >= 15 is 0 Å². The van der Waals surface area contributed by atoms with Crippen molar-refractivity contribution < 1.29 is 9.90 Å². The Labute approximate surface area is 80.8 Å². The highest BCUT2D eigenvalue weighted by atomic mass is 16.4. The second-order valence-corrected chi connectivity index (χ2v) is 3.06. The molecular formula is C10H10N2O2. The number of aromatic carboxylic acids is 1. The normalized spacial score (nSPS) is 10.6. The van der Waals surface area contributed by atoms with Crippen molar-refractivity contribution in [3.8, 4) is 0 Å². The van der Waals surface area contributed by atoms with E-state index in [0.717, 1.165) is 17.4 Å². The molecule has 72 valence electrons. The average Bonchev–Trinajstić information content (AvgIpc) is 2.58. The second-order valence-electron chi connectivity index (χ2n) is 3.06. The standard InChI is InChI=1S/C10H10N2O2/c1-2-12-6-8-4-3-7(10(13)14)5-9(8)11-12/h3-6H,2H2,1H3,(H,13,14). The molecule has 1 heterocycles. The molecule has 0 aliphatic heterocycles. The van der Waals surface area contributed by atoms with Gasteiger partial charge in [-0.1, -0.05) is 6.07 Å². The molecule has 1 N–H and O–H groups in total. The Morgan fingerprint density at radius 3 is 3.00 bits per heavy atom. The van der Waals surface area contributed by atoms with Crippen LogP contribution in [0.2, 0.25) is 0 Å². The molecule has 0 spiro atoms. The molecule has 0 radical (unpaired) electrons. The third-order valence-corrected chi connectivity index (χ3v) is 2.13. The number of hydrogen-bond acceptors (Lipinski definition) is 2. The minimum absolute atomic E-state index is 0.277.